The van der Waals surface area contributed by atoms with Gasteiger partial charge in [-0.25, -0.2) is 4.79 Å². The molecule has 1 aliphatic heterocycles. The second-order valence-electron chi connectivity index (χ2n) is 9.35. The third-order valence-corrected chi connectivity index (χ3v) is 8.75. The summed E-state index contributed by atoms with van der Waals surface area (Å²) in [5.41, 5.74) is 1.68. The molecule has 5 aliphatic rings. The van der Waals surface area contributed by atoms with Gasteiger partial charge in [-0.3, -0.25) is 9.69 Å². The van der Waals surface area contributed by atoms with Gasteiger partial charge in [-0.1, -0.05) is 12.1 Å². The van der Waals surface area contributed by atoms with Gasteiger partial charge in [-0.05, 0) is 73.5 Å². The van der Waals surface area contributed by atoms with E-state index < -0.39 is 0 Å². The zero-order valence-electron chi connectivity index (χ0n) is 17.0. The molecule has 1 unspecified atom stereocenters. The number of benzene rings is 1. The van der Waals surface area contributed by atoms with E-state index in [0.717, 1.165) is 36.2 Å². The molecule has 1 saturated heterocycles. The Morgan fingerprint density at radius 1 is 1.07 bits per heavy atom. The predicted octanol–water partition coefficient (Wildman–Crippen LogP) is 3.29. The maximum Gasteiger partial charge on any atom is 0.337 e. The van der Waals surface area contributed by atoms with Crippen molar-refractivity contribution >= 4 is 23.6 Å². The molecule has 0 aromatic heterocycles. The van der Waals surface area contributed by atoms with Gasteiger partial charge in [0.2, 0.25) is 5.91 Å². The van der Waals surface area contributed by atoms with E-state index >= 15 is 0 Å². The maximum absolute atomic E-state index is 13.2. The molecule has 156 valence electrons. The van der Waals surface area contributed by atoms with Crippen LogP contribution in [0, 0.1) is 23.7 Å². The number of carbonyl (C=O) groups excluding carboxylic acids is 2. The molecule has 5 nitrogen and oxygen atoms in total. The van der Waals surface area contributed by atoms with Crippen LogP contribution in [0.5, 0.6) is 0 Å². The summed E-state index contributed by atoms with van der Waals surface area (Å²) in [7, 11) is 1.39. The number of rotatable bonds is 5. The first-order valence-electron chi connectivity index (χ1n) is 10.9. The number of thioether (sulfide) groups is 1. The lowest BCUT2D eigenvalue weighted by molar-refractivity contribution is -0.127. The number of carbonyl (C=O) groups is 2. The second-order valence-corrected chi connectivity index (χ2v) is 10.5. The summed E-state index contributed by atoms with van der Waals surface area (Å²) in [5, 5.41) is 3.38. The first kappa shape index (κ1) is 19.4. The number of esters is 1. The van der Waals surface area contributed by atoms with Gasteiger partial charge in [0.1, 0.15) is 5.37 Å². The van der Waals surface area contributed by atoms with E-state index in [1.165, 1.54) is 39.2 Å². The van der Waals surface area contributed by atoms with Gasteiger partial charge in [-0.15, -0.1) is 11.8 Å². The first-order chi connectivity index (χ1) is 14.1. The highest BCUT2D eigenvalue weighted by molar-refractivity contribution is 8.00. The molecule has 4 saturated carbocycles. The minimum absolute atomic E-state index is 0.104. The highest BCUT2D eigenvalue weighted by atomic mass is 32.2. The van der Waals surface area contributed by atoms with Gasteiger partial charge in [0, 0.05) is 24.9 Å². The minimum Gasteiger partial charge on any atom is -0.465 e. The molecular formula is C23H30N2O3S. The smallest absolute Gasteiger partial charge is 0.337 e. The summed E-state index contributed by atoms with van der Waals surface area (Å²) in [6.45, 7) is 1.65. The van der Waals surface area contributed by atoms with Crippen LogP contribution in [0.15, 0.2) is 24.3 Å². The molecule has 1 atom stereocenters. The molecule has 4 aliphatic carbocycles. The van der Waals surface area contributed by atoms with Crippen LogP contribution in [0.4, 0.5) is 0 Å². The zero-order valence-corrected chi connectivity index (χ0v) is 17.8. The van der Waals surface area contributed by atoms with E-state index in [1.807, 2.05) is 12.1 Å². The van der Waals surface area contributed by atoms with Crippen molar-refractivity contribution in [3.8, 4) is 0 Å². The van der Waals surface area contributed by atoms with E-state index in [4.69, 9.17) is 4.74 Å². The number of amides is 1. The average molecular weight is 415 g/mol. The van der Waals surface area contributed by atoms with Gasteiger partial charge in [0.15, 0.2) is 0 Å². The average Bonchev–Trinajstić information content (AvgIpc) is 3.18. The molecule has 4 bridgehead atoms. The van der Waals surface area contributed by atoms with Gasteiger partial charge < -0.3 is 10.1 Å². The standard InChI is InChI=1S/C23H30N2O3S/c1-28-23(27)17-4-2-14(3-5-17)13-25-6-7-29-22(25)21(26)24-20-18-9-15-8-16(11-18)12-19(20)10-15/h2-5,15-16,18-20,22H,6-13H2,1H3,(H,24,26). The lowest BCUT2D eigenvalue weighted by Crippen LogP contribution is -2.58. The van der Waals surface area contributed by atoms with Crippen LogP contribution in [0.3, 0.4) is 0 Å². The zero-order chi connectivity index (χ0) is 20.0. The molecule has 1 aromatic carbocycles. The van der Waals surface area contributed by atoms with Gasteiger partial charge in [0.25, 0.3) is 0 Å². The van der Waals surface area contributed by atoms with E-state index in [2.05, 4.69) is 10.2 Å². The summed E-state index contributed by atoms with van der Waals surface area (Å²) < 4.78 is 4.77. The van der Waals surface area contributed by atoms with Crippen molar-refractivity contribution in [3.63, 3.8) is 0 Å². The molecule has 6 heteroatoms. The fourth-order valence-corrected chi connectivity index (χ4v) is 7.58. The van der Waals surface area contributed by atoms with Crippen LogP contribution >= 0.6 is 11.8 Å². The van der Waals surface area contributed by atoms with Crippen LogP contribution in [0.25, 0.3) is 0 Å². The largest absolute Gasteiger partial charge is 0.465 e. The van der Waals surface area contributed by atoms with E-state index in [-0.39, 0.29) is 17.3 Å². The van der Waals surface area contributed by atoms with E-state index in [0.29, 0.717) is 23.4 Å². The fourth-order valence-electron chi connectivity index (χ4n) is 6.40. The van der Waals surface area contributed by atoms with Gasteiger partial charge in [0.05, 0.1) is 12.7 Å². The van der Waals surface area contributed by atoms with Crippen molar-refractivity contribution < 1.29 is 14.3 Å². The monoisotopic (exact) mass is 414 g/mol. The third-order valence-electron chi connectivity index (χ3n) is 7.51. The Hall–Kier alpha value is -1.53. The molecule has 1 N–H and O–H groups in total. The van der Waals surface area contributed by atoms with E-state index in [9.17, 15) is 9.59 Å². The molecule has 5 fully saturated rings. The van der Waals surface area contributed by atoms with Crippen LogP contribution in [0.2, 0.25) is 0 Å². The summed E-state index contributed by atoms with van der Waals surface area (Å²) in [5.74, 6) is 4.14. The van der Waals surface area contributed by atoms with E-state index in [1.54, 1.807) is 23.9 Å². The van der Waals surface area contributed by atoms with Crippen LogP contribution < -0.4 is 5.32 Å². The molecule has 6 rings (SSSR count). The summed E-state index contributed by atoms with van der Waals surface area (Å²) in [4.78, 5) is 27.1. The van der Waals surface area contributed by atoms with Crippen molar-refractivity contribution in [1.29, 1.82) is 0 Å². The molecule has 0 spiro atoms. The maximum atomic E-state index is 13.2. The van der Waals surface area contributed by atoms with Crippen molar-refractivity contribution in [1.82, 2.24) is 10.2 Å². The fraction of sp³-hybridized carbons (Fsp3) is 0.652. The van der Waals surface area contributed by atoms with Crippen LogP contribution in [-0.4, -0.2) is 47.6 Å². The Bertz CT molecular complexity index is 753. The topological polar surface area (TPSA) is 58.6 Å². The molecule has 1 heterocycles. The highest BCUT2D eigenvalue weighted by Gasteiger charge is 2.49. The Labute approximate surface area is 176 Å². The molecule has 0 radical (unpaired) electrons. The lowest BCUT2D eigenvalue weighted by Gasteiger charge is -2.54. The highest BCUT2D eigenvalue weighted by Crippen LogP contribution is 2.53. The van der Waals surface area contributed by atoms with Crippen LogP contribution in [0.1, 0.15) is 48.0 Å². The summed E-state index contributed by atoms with van der Waals surface area (Å²) >= 11 is 1.76. The Morgan fingerprint density at radius 3 is 2.34 bits per heavy atom. The second kappa shape index (κ2) is 7.95. The van der Waals surface area contributed by atoms with Crippen molar-refractivity contribution in [2.45, 2.75) is 50.1 Å². The number of methoxy groups -OCH3 is 1. The Balaban J connectivity index is 1.21. The first-order valence-corrected chi connectivity index (χ1v) is 12.0. The Kier molecular flexibility index (Phi) is 5.33. The quantitative estimate of drug-likeness (QED) is 0.750. The Morgan fingerprint density at radius 2 is 1.72 bits per heavy atom. The van der Waals surface area contributed by atoms with Gasteiger partial charge >= 0.3 is 5.97 Å². The number of hydrogen-bond donors (Lipinski definition) is 1. The molecule has 1 amide bonds. The molecule has 1 aromatic rings. The van der Waals surface area contributed by atoms with Crippen molar-refractivity contribution in [2.24, 2.45) is 23.7 Å². The van der Waals surface area contributed by atoms with Crippen molar-refractivity contribution in [3.05, 3.63) is 35.4 Å². The van der Waals surface area contributed by atoms with Crippen LogP contribution in [-0.2, 0) is 16.1 Å². The lowest BCUT2D eigenvalue weighted by atomic mass is 9.54. The SMILES string of the molecule is COC(=O)c1ccc(CN2CCSC2C(=O)NC2C3CC4CC(C3)CC2C4)cc1. The van der Waals surface area contributed by atoms with Crippen molar-refractivity contribution in [2.75, 3.05) is 19.4 Å². The number of hydrogen-bond acceptors (Lipinski definition) is 5. The third kappa shape index (κ3) is 3.81. The number of ether oxygens (including phenoxy) is 1. The normalized spacial score (nSPS) is 35.6. The number of nitrogens with zero attached hydrogens (tertiary/aromatic N) is 1. The summed E-state index contributed by atoms with van der Waals surface area (Å²) in [6, 6.07) is 7.92. The predicted molar refractivity (Wildman–Crippen MR) is 113 cm³/mol. The minimum atomic E-state index is -0.318. The molecular weight excluding hydrogens is 384 g/mol. The van der Waals surface area contributed by atoms with Gasteiger partial charge in [-0.2, -0.15) is 0 Å². The molecule has 29 heavy (non-hydrogen) atoms. The number of nitrogens with one attached hydrogen (secondary N) is 1. The summed E-state index contributed by atoms with van der Waals surface area (Å²) in [6.07, 6.45) is 6.74.